The van der Waals surface area contributed by atoms with Crippen molar-refractivity contribution in [3.05, 3.63) is 66.2 Å². The molecular weight excluding hydrogens is 442 g/mol. The molecule has 2 aliphatic heterocycles. The Balaban J connectivity index is 1.22. The van der Waals surface area contributed by atoms with Gasteiger partial charge in [-0.3, -0.25) is 14.5 Å². The van der Waals surface area contributed by atoms with Crippen LogP contribution in [0.15, 0.2) is 60.7 Å². The smallest absolute Gasteiger partial charge is 0.321 e. The summed E-state index contributed by atoms with van der Waals surface area (Å²) in [7, 11) is 1.69. The Morgan fingerprint density at radius 1 is 0.886 bits per heavy atom. The van der Waals surface area contributed by atoms with Gasteiger partial charge in [-0.25, -0.2) is 4.79 Å². The van der Waals surface area contributed by atoms with Gasteiger partial charge in [-0.05, 0) is 30.5 Å². The first kappa shape index (κ1) is 24.7. The summed E-state index contributed by atoms with van der Waals surface area (Å²) in [6.07, 6.45) is 1.49. The molecule has 0 aromatic heterocycles. The van der Waals surface area contributed by atoms with Crippen LogP contribution in [-0.2, 0) is 16.1 Å². The quantitative estimate of drug-likeness (QED) is 0.694. The number of nitrogens with zero attached hydrogens (tertiary/aromatic N) is 4. The van der Waals surface area contributed by atoms with Gasteiger partial charge < -0.3 is 20.0 Å². The Bertz CT molecular complexity index is 992. The molecular formula is C27H35N5O3. The van der Waals surface area contributed by atoms with Crippen molar-refractivity contribution in [2.75, 3.05) is 58.2 Å². The van der Waals surface area contributed by atoms with Crippen molar-refractivity contribution in [3.63, 3.8) is 0 Å². The van der Waals surface area contributed by atoms with Gasteiger partial charge in [-0.1, -0.05) is 48.5 Å². The van der Waals surface area contributed by atoms with Gasteiger partial charge in [0.2, 0.25) is 11.8 Å². The summed E-state index contributed by atoms with van der Waals surface area (Å²) in [6, 6.07) is 19.5. The first-order chi connectivity index (χ1) is 17.0. The zero-order valence-electron chi connectivity index (χ0n) is 20.4. The molecule has 2 fully saturated rings. The third-order valence-electron chi connectivity index (χ3n) is 6.81. The Morgan fingerprint density at radius 3 is 2.23 bits per heavy atom. The first-order valence-electron chi connectivity index (χ1n) is 12.4. The molecule has 0 aliphatic carbocycles. The van der Waals surface area contributed by atoms with E-state index in [1.54, 1.807) is 11.9 Å². The summed E-state index contributed by atoms with van der Waals surface area (Å²) in [5, 5.41) is 2.89. The lowest BCUT2D eigenvalue weighted by Crippen LogP contribution is -2.52. The van der Waals surface area contributed by atoms with E-state index in [2.05, 4.69) is 22.3 Å². The van der Waals surface area contributed by atoms with Crippen molar-refractivity contribution < 1.29 is 14.4 Å². The highest BCUT2D eigenvalue weighted by Gasteiger charge is 2.31. The number of likely N-dealkylation sites (tertiary alicyclic amines) is 1. The van der Waals surface area contributed by atoms with Gasteiger partial charge in [0.25, 0.3) is 0 Å². The number of urea groups is 1. The number of piperazine rings is 1. The minimum atomic E-state index is -0.286. The Hall–Kier alpha value is -3.39. The molecule has 0 unspecified atom stereocenters. The molecule has 1 N–H and O–H groups in total. The monoisotopic (exact) mass is 477 g/mol. The predicted octanol–water partition coefficient (Wildman–Crippen LogP) is 2.73. The molecule has 2 aromatic rings. The summed E-state index contributed by atoms with van der Waals surface area (Å²) in [4.78, 5) is 46.0. The van der Waals surface area contributed by atoms with Crippen LogP contribution >= 0.6 is 0 Å². The van der Waals surface area contributed by atoms with Crippen LogP contribution in [0, 0.1) is 5.92 Å². The van der Waals surface area contributed by atoms with Crippen LogP contribution in [0.5, 0.6) is 0 Å². The van der Waals surface area contributed by atoms with Gasteiger partial charge in [-0.2, -0.15) is 0 Å². The second-order valence-electron chi connectivity index (χ2n) is 9.42. The van der Waals surface area contributed by atoms with E-state index in [1.807, 2.05) is 53.4 Å². The van der Waals surface area contributed by atoms with E-state index in [9.17, 15) is 14.4 Å². The summed E-state index contributed by atoms with van der Waals surface area (Å²) in [5.41, 5.74) is 2.01. The predicted molar refractivity (Wildman–Crippen MR) is 136 cm³/mol. The maximum absolute atomic E-state index is 13.1. The molecule has 8 nitrogen and oxygen atoms in total. The Labute approximate surface area is 207 Å². The van der Waals surface area contributed by atoms with Gasteiger partial charge in [-0.15, -0.1) is 0 Å². The molecule has 0 bridgehead atoms. The fourth-order valence-corrected chi connectivity index (χ4v) is 4.78. The second-order valence-corrected chi connectivity index (χ2v) is 9.42. The van der Waals surface area contributed by atoms with Crippen LogP contribution in [0.1, 0.15) is 18.4 Å². The van der Waals surface area contributed by atoms with Crippen molar-refractivity contribution in [2.24, 2.45) is 5.92 Å². The molecule has 35 heavy (non-hydrogen) atoms. The van der Waals surface area contributed by atoms with Gasteiger partial charge in [0.05, 0.1) is 12.5 Å². The standard InChI is InChI=1S/C27H35N5O3/c1-29(21-25(33)31-17-15-30(16-18-31)19-22-9-4-2-5-10-22)26(34)23-11-8-14-32(20-23)27(35)28-24-12-6-3-7-13-24/h2-7,9-10,12-13,23H,8,11,14-21H2,1H3,(H,28,35)/t23-/m0/s1. The molecule has 2 heterocycles. The minimum Gasteiger partial charge on any atom is -0.339 e. The Kier molecular flexibility index (Phi) is 8.36. The van der Waals surface area contributed by atoms with E-state index in [0.717, 1.165) is 38.2 Å². The number of carbonyl (C=O) groups is 3. The largest absolute Gasteiger partial charge is 0.339 e. The number of likely N-dealkylation sites (N-methyl/N-ethyl adjacent to an activating group) is 1. The zero-order chi connectivity index (χ0) is 24.6. The van der Waals surface area contributed by atoms with Crippen molar-refractivity contribution in [1.82, 2.24) is 19.6 Å². The first-order valence-corrected chi connectivity index (χ1v) is 12.4. The molecule has 1 atom stereocenters. The highest BCUT2D eigenvalue weighted by atomic mass is 16.2. The molecule has 0 saturated carbocycles. The number of carbonyl (C=O) groups excluding carboxylic acids is 3. The van der Waals surface area contributed by atoms with E-state index >= 15 is 0 Å². The highest BCUT2D eigenvalue weighted by Crippen LogP contribution is 2.20. The molecule has 0 radical (unpaired) electrons. The van der Waals surface area contributed by atoms with Gasteiger partial charge >= 0.3 is 6.03 Å². The lowest BCUT2D eigenvalue weighted by atomic mass is 9.97. The average Bonchev–Trinajstić information content (AvgIpc) is 2.90. The van der Waals surface area contributed by atoms with Crippen LogP contribution in [0.3, 0.4) is 0 Å². The molecule has 2 aromatic carbocycles. The number of anilines is 1. The second kappa shape index (κ2) is 11.8. The molecule has 186 valence electrons. The molecule has 8 heteroatoms. The molecule has 2 aliphatic rings. The zero-order valence-corrected chi connectivity index (χ0v) is 20.4. The van der Waals surface area contributed by atoms with Crippen molar-refractivity contribution in [3.8, 4) is 0 Å². The number of amides is 4. The van der Waals surface area contributed by atoms with Crippen LogP contribution < -0.4 is 5.32 Å². The van der Waals surface area contributed by atoms with E-state index in [4.69, 9.17) is 0 Å². The number of para-hydroxylation sites is 1. The van der Waals surface area contributed by atoms with Crippen molar-refractivity contribution >= 4 is 23.5 Å². The number of nitrogens with one attached hydrogen (secondary N) is 1. The number of hydrogen-bond donors (Lipinski definition) is 1. The maximum atomic E-state index is 13.1. The third kappa shape index (κ3) is 6.82. The molecule has 4 rings (SSSR count). The highest BCUT2D eigenvalue weighted by molar-refractivity contribution is 5.90. The summed E-state index contributed by atoms with van der Waals surface area (Å²) in [6.45, 7) is 4.95. The maximum Gasteiger partial charge on any atom is 0.321 e. The van der Waals surface area contributed by atoms with E-state index in [-0.39, 0.29) is 30.3 Å². The van der Waals surface area contributed by atoms with Gasteiger partial charge in [0, 0.05) is 58.5 Å². The summed E-state index contributed by atoms with van der Waals surface area (Å²) < 4.78 is 0. The van der Waals surface area contributed by atoms with Crippen molar-refractivity contribution in [1.29, 1.82) is 0 Å². The van der Waals surface area contributed by atoms with Gasteiger partial charge in [0.1, 0.15) is 0 Å². The number of benzene rings is 2. The number of hydrogen-bond acceptors (Lipinski definition) is 4. The fraction of sp³-hybridized carbons (Fsp3) is 0.444. The van der Waals surface area contributed by atoms with Crippen LogP contribution in [0.25, 0.3) is 0 Å². The van der Waals surface area contributed by atoms with Crippen molar-refractivity contribution in [2.45, 2.75) is 19.4 Å². The third-order valence-corrected chi connectivity index (χ3v) is 6.81. The Morgan fingerprint density at radius 2 is 1.54 bits per heavy atom. The van der Waals surface area contributed by atoms with Crippen LogP contribution in [-0.4, -0.2) is 90.3 Å². The van der Waals surface area contributed by atoms with E-state index < -0.39 is 0 Å². The lowest BCUT2D eigenvalue weighted by Gasteiger charge is -2.36. The van der Waals surface area contributed by atoms with Crippen LogP contribution in [0.2, 0.25) is 0 Å². The molecule has 2 saturated heterocycles. The normalized spacial score (nSPS) is 18.7. The topological polar surface area (TPSA) is 76.2 Å². The number of piperidine rings is 1. The SMILES string of the molecule is CN(CC(=O)N1CCN(Cc2ccccc2)CC1)C(=O)[C@H]1CCCN(C(=O)Nc2ccccc2)C1. The molecule has 4 amide bonds. The van der Waals surface area contributed by atoms with Gasteiger partial charge in [0.15, 0.2) is 0 Å². The molecule has 0 spiro atoms. The van der Waals surface area contributed by atoms with E-state index in [1.165, 1.54) is 10.5 Å². The minimum absolute atomic E-state index is 0.0188. The average molecular weight is 478 g/mol. The van der Waals surface area contributed by atoms with Crippen LogP contribution in [0.4, 0.5) is 10.5 Å². The summed E-state index contributed by atoms with van der Waals surface area (Å²) >= 11 is 0. The van der Waals surface area contributed by atoms with E-state index in [0.29, 0.717) is 26.2 Å². The number of rotatable bonds is 6. The summed E-state index contributed by atoms with van der Waals surface area (Å²) in [5.74, 6) is -0.376. The fourth-order valence-electron chi connectivity index (χ4n) is 4.78. The lowest BCUT2D eigenvalue weighted by molar-refractivity contribution is -0.143.